The summed E-state index contributed by atoms with van der Waals surface area (Å²) in [5.41, 5.74) is -0.700. The quantitative estimate of drug-likeness (QED) is 0.195. The van der Waals surface area contributed by atoms with Gasteiger partial charge in [0.2, 0.25) is 6.61 Å². The average molecular weight is 233 g/mol. The normalized spacial score (nSPS) is 8.69. The molecular weight excluding hydrogens is 222 g/mol. The Morgan fingerprint density at radius 2 is 1.44 bits per heavy atom. The lowest BCUT2D eigenvalue weighted by Crippen LogP contribution is -2.27. The third-order valence-electron chi connectivity index (χ3n) is 1.32. The number of hydrogen-bond donors (Lipinski definition) is 0. The molecule has 0 aliphatic rings. The van der Waals surface area contributed by atoms with E-state index in [2.05, 4.69) is 24.2 Å². The predicted molar refractivity (Wildman–Crippen MR) is 49.4 cm³/mol. The summed E-state index contributed by atoms with van der Waals surface area (Å²) in [6.07, 6.45) is 0. The van der Waals surface area contributed by atoms with Gasteiger partial charge in [0.1, 0.15) is 0 Å². The number of ether oxygens (including phenoxy) is 3. The van der Waals surface area contributed by atoms with Crippen LogP contribution in [0.3, 0.4) is 0 Å². The molecular formula is C8H11NO7. The first-order valence-electron chi connectivity index (χ1n) is 4.00. The Hall–Kier alpha value is -2.12. The molecule has 0 aliphatic carbocycles. The average Bonchev–Trinajstić information content (AvgIpc) is 2.32. The molecule has 0 aliphatic heterocycles. The molecule has 0 rings (SSSR count). The van der Waals surface area contributed by atoms with Crippen molar-refractivity contribution in [3.05, 3.63) is 0 Å². The third-order valence-corrected chi connectivity index (χ3v) is 1.32. The van der Waals surface area contributed by atoms with E-state index < -0.39 is 30.2 Å². The Morgan fingerprint density at radius 1 is 0.938 bits per heavy atom. The summed E-state index contributed by atoms with van der Waals surface area (Å²) >= 11 is 0. The van der Waals surface area contributed by atoms with Crippen LogP contribution in [0.25, 0.3) is 0 Å². The second-order valence-electron chi connectivity index (χ2n) is 2.27. The van der Waals surface area contributed by atoms with E-state index in [4.69, 9.17) is 0 Å². The fraction of sp³-hybridized carbons (Fsp3) is 0.500. The Bertz CT molecular complexity index is 292. The highest BCUT2D eigenvalue weighted by Crippen LogP contribution is 1.90. The van der Waals surface area contributed by atoms with Gasteiger partial charge < -0.3 is 19.0 Å². The monoisotopic (exact) mass is 233 g/mol. The van der Waals surface area contributed by atoms with Gasteiger partial charge in [-0.3, -0.25) is 0 Å². The van der Waals surface area contributed by atoms with Gasteiger partial charge in [-0.1, -0.05) is 5.16 Å². The Labute approximate surface area is 91.1 Å². The van der Waals surface area contributed by atoms with Crippen molar-refractivity contribution in [3.63, 3.8) is 0 Å². The molecule has 0 fully saturated rings. The first kappa shape index (κ1) is 13.9. The number of methoxy groups -OCH3 is 3. The maximum absolute atomic E-state index is 11.0. The molecule has 0 amide bonds. The van der Waals surface area contributed by atoms with E-state index in [9.17, 15) is 14.4 Å². The molecule has 0 aromatic carbocycles. The smallest absolute Gasteiger partial charge is 0.367 e. The molecule has 8 nitrogen and oxygen atoms in total. The zero-order valence-corrected chi connectivity index (χ0v) is 9.01. The van der Waals surface area contributed by atoms with Crippen LogP contribution in [0.15, 0.2) is 5.16 Å². The van der Waals surface area contributed by atoms with Gasteiger partial charge in [0.25, 0.3) is 5.71 Å². The molecule has 0 saturated carbocycles. The minimum atomic E-state index is -1.03. The van der Waals surface area contributed by atoms with Gasteiger partial charge in [-0.2, -0.15) is 0 Å². The van der Waals surface area contributed by atoms with Crippen LogP contribution in [-0.2, 0) is 33.4 Å². The van der Waals surface area contributed by atoms with E-state index >= 15 is 0 Å². The van der Waals surface area contributed by atoms with Crippen LogP contribution >= 0.6 is 0 Å². The minimum absolute atomic E-state index is 0.534. The minimum Gasteiger partial charge on any atom is -0.466 e. The maximum Gasteiger partial charge on any atom is 0.367 e. The van der Waals surface area contributed by atoms with Crippen molar-refractivity contribution < 1.29 is 33.4 Å². The first-order chi connectivity index (χ1) is 7.56. The van der Waals surface area contributed by atoms with Crippen molar-refractivity contribution in [2.45, 2.75) is 0 Å². The standard InChI is InChI=1S/C8H11NO7/c1-13-5(10)4-16-9-6(7(11)14-2)8(12)15-3/h4H2,1-3H3. The molecule has 0 radical (unpaired) electrons. The van der Waals surface area contributed by atoms with E-state index in [1.54, 1.807) is 0 Å². The number of hydrogen-bond acceptors (Lipinski definition) is 8. The number of rotatable bonds is 5. The number of nitrogens with zero attached hydrogens (tertiary/aromatic N) is 1. The van der Waals surface area contributed by atoms with Gasteiger partial charge >= 0.3 is 17.9 Å². The molecule has 0 atom stereocenters. The molecule has 90 valence electrons. The summed E-state index contributed by atoms with van der Waals surface area (Å²) < 4.78 is 12.7. The molecule has 0 N–H and O–H groups in total. The summed E-state index contributed by atoms with van der Waals surface area (Å²) in [6.45, 7) is -0.534. The molecule has 0 bridgehead atoms. The van der Waals surface area contributed by atoms with Gasteiger partial charge in [0.05, 0.1) is 21.3 Å². The van der Waals surface area contributed by atoms with Gasteiger partial charge in [0, 0.05) is 0 Å². The number of carbonyl (C=O) groups excluding carboxylic acids is 3. The fourth-order valence-corrected chi connectivity index (χ4v) is 0.560. The van der Waals surface area contributed by atoms with Crippen molar-refractivity contribution in [2.24, 2.45) is 5.16 Å². The van der Waals surface area contributed by atoms with Crippen LogP contribution in [0.4, 0.5) is 0 Å². The first-order valence-corrected chi connectivity index (χ1v) is 4.00. The lowest BCUT2D eigenvalue weighted by Gasteiger charge is -2.02. The molecule has 0 aromatic rings. The lowest BCUT2D eigenvalue weighted by atomic mass is 10.4. The summed E-state index contributed by atoms with van der Waals surface area (Å²) in [6, 6.07) is 0. The molecule has 0 unspecified atom stereocenters. The van der Waals surface area contributed by atoms with Gasteiger partial charge in [-0.05, 0) is 0 Å². The van der Waals surface area contributed by atoms with Crippen molar-refractivity contribution in [3.8, 4) is 0 Å². The van der Waals surface area contributed by atoms with Gasteiger partial charge in [-0.25, -0.2) is 14.4 Å². The maximum atomic E-state index is 11.0. The highest BCUT2D eigenvalue weighted by atomic mass is 16.7. The summed E-state index contributed by atoms with van der Waals surface area (Å²) in [7, 11) is 3.26. The van der Waals surface area contributed by atoms with Crippen molar-refractivity contribution in [2.75, 3.05) is 27.9 Å². The van der Waals surface area contributed by atoms with Crippen LogP contribution < -0.4 is 0 Å². The van der Waals surface area contributed by atoms with E-state index in [0.717, 1.165) is 21.3 Å². The summed E-state index contributed by atoms with van der Waals surface area (Å²) in [5, 5.41) is 3.12. The van der Waals surface area contributed by atoms with Crippen LogP contribution in [0, 0.1) is 0 Å². The SMILES string of the molecule is COC(=O)CON=C(C(=O)OC)C(=O)OC. The largest absolute Gasteiger partial charge is 0.466 e. The lowest BCUT2D eigenvalue weighted by molar-refractivity contribution is -0.147. The molecule has 8 heteroatoms. The highest BCUT2D eigenvalue weighted by Gasteiger charge is 2.23. The third kappa shape index (κ3) is 4.40. The predicted octanol–water partition coefficient (Wildman–Crippen LogP) is -1.12. The van der Waals surface area contributed by atoms with E-state index in [-0.39, 0.29) is 0 Å². The van der Waals surface area contributed by atoms with Crippen LogP contribution in [0.5, 0.6) is 0 Å². The second-order valence-corrected chi connectivity index (χ2v) is 2.27. The Kier molecular flexibility index (Phi) is 6.25. The van der Waals surface area contributed by atoms with Crippen molar-refractivity contribution in [1.82, 2.24) is 0 Å². The van der Waals surface area contributed by atoms with Crippen LogP contribution in [0.2, 0.25) is 0 Å². The summed E-state index contributed by atoms with van der Waals surface area (Å²) in [5.74, 6) is -2.77. The van der Waals surface area contributed by atoms with Gasteiger partial charge in [0.15, 0.2) is 0 Å². The highest BCUT2D eigenvalue weighted by molar-refractivity contribution is 6.62. The molecule has 0 saturated heterocycles. The fourth-order valence-electron chi connectivity index (χ4n) is 0.560. The Morgan fingerprint density at radius 3 is 1.81 bits per heavy atom. The zero-order chi connectivity index (χ0) is 12.6. The Balaban J connectivity index is 4.51. The number of oxime groups is 1. The van der Waals surface area contributed by atoms with E-state index in [0.29, 0.717) is 0 Å². The molecule has 0 spiro atoms. The van der Waals surface area contributed by atoms with Gasteiger partial charge in [-0.15, -0.1) is 0 Å². The van der Waals surface area contributed by atoms with E-state index in [1.165, 1.54) is 0 Å². The van der Waals surface area contributed by atoms with Crippen LogP contribution in [0.1, 0.15) is 0 Å². The number of esters is 3. The van der Waals surface area contributed by atoms with Crippen molar-refractivity contribution in [1.29, 1.82) is 0 Å². The topological polar surface area (TPSA) is 100 Å². The summed E-state index contributed by atoms with van der Waals surface area (Å²) in [4.78, 5) is 37.0. The number of carbonyl (C=O) groups is 3. The van der Waals surface area contributed by atoms with E-state index in [1.807, 2.05) is 0 Å². The molecule has 0 aromatic heterocycles. The molecule has 16 heavy (non-hydrogen) atoms. The van der Waals surface area contributed by atoms with Crippen LogP contribution in [-0.4, -0.2) is 51.6 Å². The second kappa shape index (κ2) is 7.21. The van der Waals surface area contributed by atoms with Crippen molar-refractivity contribution >= 4 is 23.6 Å². The zero-order valence-electron chi connectivity index (χ0n) is 9.01. The molecule has 0 heterocycles.